The average Bonchev–Trinajstić information content (AvgIpc) is 3.02. The smallest absolute Gasteiger partial charge is 0.317 e. The molecular formula is C20H32N4O. The highest BCUT2D eigenvalue weighted by Crippen LogP contribution is 2.22. The Kier molecular flexibility index (Phi) is 5.84. The molecular weight excluding hydrogens is 312 g/mol. The van der Waals surface area contributed by atoms with Crippen LogP contribution >= 0.6 is 0 Å². The Labute approximate surface area is 152 Å². The number of piperazine rings is 1. The van der Waals surface area contributed by atoms with Crippen molar-refractivity contribution in [3.05, 3.63) is 29.3 Å². The molecule has 25 heavy (non-hydrogen) atoms. The number of carbonyl (C=O) groups excluding carboxylic acids is 1. The molecule has 0 aromatic heterocycles. The van der Waals surface area contributed by atoms with Gasteiger partial charge in [-0.1, -0.05) is 24.6 Å². The molecule has 2 aliphatic rings. The Balaban J connectivity index is 1.48. The van der Waals surface area contributed by atoms with E-state index in [1.54, 1.807) is 0 Å². The van der Waals surface area contributed by atoms with Crippen LogP contribution in [0.15, 0.2) is 18.2 Å². The highest BCUT2D eigenvalue weighted by Gasteiger charge is 2.27. The summed E-state index contributed by atoms with van der Waals surface area (Å²) < 4.78 is 0. The van der Waals surface area contributed by atoms with Gasteiger partial charge in [0.1, 0.15) is 0 Å². The summed E-state index contributed by atoms with van der Waals surface area (Å²) in [6.07, 6.45) is 2.26. The van der Waals surface area contributed by atoms with Gasteiger partial charge in [0.25, 0.3) is 0 Å². The van der Waals surface area contributed by atoms with E-state index >= 15 is 0 Å². The van der Waals surface area contributed by atoms with Gasteiger partial charge >= 0.3 is 6.03 Å². The molecule has 2 saturated heterocycles. The lowest BCUT2D eigenvalue weighted by molar-refractivity contribution is 0.190. The molecule has 1 atom stereocenters. The fraction of sp³-hybridized carbons (Fsp3) is 0.650. The number of anilines is 1. The van der Waals surface area contributed by atoms with Gasteiger partial charge in [-0.15, -0.1) is 0 Å². The number of likely N-dealkylation sites (tertiary alicyclic amines) is 1. The van der Waals surface area contributed by atoms with Crippen LogP contribution in [0, 0.1) is 13.8 Å². The van der Waals surface area contributed by atoms with Gasteiger partial charge in [0.2, 0.25) is 0 Å². The van der Waals surface area contributed by atoms with E-state index < -0.39 is 0 Å². The second-order valence-electron chi connectivity index (χ2n) is 7.50. The summed E-state index contributed by atoms with van der Waals surface area (Å²) in [5.41, 5.74) is 3.92. The quantitative estimate of drug-likeness (QED) is 0.913. The SMILES string of the molecule is CCCN1CCC(NC(=O)N2CCN(c3ccc(C)cc3C)CC2)C1. The number of hydrogen-bond donors (Lipinski definition) is 1. The second kappa shape index (κ2) is 8.09. The van der Waals surface area contributed by atoms with E-state index in [9.17, 15) is 4.79 Å². The van der Waals surface area contributed by atoms with Gasteiger partial charge in [-0.25, -0.2) is 4.79 Å². The maximum Gasteiger partial charge on any atom is 0.317 e. The normalized spacial score (nSPS) is 21.6. The Hall–Kier alpha value is -1.75. The van der Waals surface area contributed by atoms with E-state index in [2.05, 4.69) is 54.1 Å². The predicted octanol–water partition coefficient (Wildman–Crippen LogP) is 2.62. The van der Waals surface area contributed by atoms with Crippen LogP contribution in [0.25, 0.3) is 0 Å². The van der Waals surface area contributed by atoms with Crippen LogP contribution in [0.2, 0.25) is 0 Å². The topological polar surface area (TPSA) is 38.8 Å². The van der Waals surface area contributed by atoms with E-state index in [4.69, 9.17) is 0 Å². The van der Waals surface area contributed by atoms with Crippen LogP contribution in [0.1, 0.15) is 30.9 Å². The van der Waals surface area contributed by atoms with Crippen molar-refractivity contribution in [2.75, 3.05) is 50.7 Å². The monoisotopic (exact) mass is 344 g/mol. The van der Waals surface area contributed by atoms with Crippen molar-refractivity contribution in [2.45, 2.75) is 39.7 Å². The third kappa shape index (κ3) is 4.46. The minimum atomic E-state index is 0.114. The first-order valence-electron chi connectivity index (χ1n) is 9.67. The molecule has 0 spiro atoms. The molecule has 1 aromatic carbocycles. The fourth-order valence-electron chi connectivity index (χ4n) is 4.05. The molecule has 0 aliphatic carbocycles. The number of benzene rings is 1. The molecule has 1 N–H and O–H groups in total. The molecule has 1 aromatic rings. The Morgan fingerprint density at radius 1 is 1.16 bits per heavy atom. The van der Waals surface area contributed by atoms with E-state index in [0.29, 0.717) is 6.04 Å². The van der Waals surface area contributed by atoms with Crippen molar-refractivity contribution >= 4 is 11.7 Å². The standard InChI is InChI=1S/C20H32N4O/c1-4-8-22-9-7-18(15-22)21-20(25)24-12-10-23(11-13-24)19-6-5-16(2)14-17(19)3/h5-6,14,18H,4,7-13,15H2,1-3H3,(H,21,25). The van der Waals surface area contributed by atoms with Gasteiger partial charge in [-0.05, 0) is 44.9 Å². The molecule has 1 unspecified atom stereocenters. The number of amides is 2. The van der Waals surface area contributed by atoms with Gasteiger partial charge in [-0.3, -0.25) is 0 Å². The molecule has 5 nitrogen and oxygen atoms in total. The molecule has 2 heterocycles. The lowest BCUT2D eigenvalue weighted by Crippen LogP contribution is -2.54. The summed E-state index contributed by atoms with van der Waals surface area (Å²) in [5, 5.41) is 3.24. The molecule has 0 bridgehead atoms. The summed E-state index contributed by atoms with van der Waals surface area (Å²) in [6, 6.07) is 7.04. The van der Waals surface area contributed by atoms with Crippen LogP contribution in [-0.4, -0.2) is 67.7 Å². The first kappa shape index (κ1) is 18.1. The number of rotatable bonds is 4. The Bertz CT molecular complexity index is 595. The summed E-state index contributed by atoms with van der Waals surface area (Å²) in [7, 11) is 0. The minimum absolute atomic E-state index is 0.114. The van der Waals surface area contributed by atoms with Crippen LogP contribution < -0.4 is 10.2 Å². The first-order valence-corrected chi connectivity index (χ1v) is 9.67. The van der Waals surface area contributed by atoms with E-state index in [-0.39, 0.29) is 6.03 Å². The minimum Gasteiger partial charge on any atom is -0.368 e. The van der Waals surface area contributed by atoms with Gasteiger partial charge < -0.3 is 20.0 Å². The highest BCUT2D eigenvalue weighted by molar-refractivity contribution is 5.75. The van der Waals surface area contributed by atoms with E-state index in [1.807, 2.05) is 4.90 Å². The molecule has 3 rings (SSSR count). The maximum absolute atomic E-state index is 12.6. The van der Waals surface area contributed by atoms with Crippen molar-refractivity contribution in [3.63, 3.8) is 0 Å². The van der Waals surface area contributed by atoms with Gasteiger partial charge in [0.15, 0.2) is 0 Å². The Morgan fingerprint density at radius 3 is 2.60 bits per heavy atom. The summed E-state index contributed by atoms with van der Waals surface area (Å²) in [4.78, 5) is 19.4. The van der Waals surface area contributed by atoms with Crippen LogP contribution in [0.3, 0.4) is 0 Å². The van der Waals surface area contributed by atoms with Crippen LogP contribution in [0.4, 0.5) is 10.5 Å². The van der Waals surface area contributed by atoms with Crippen molar-refractivity contribution < 1.29 is 4.79 Å². The third-order valence-corrected chi connectivity index (χ3v) is 5.40. The predicted molar refractivity (Wildman–Crippen MR) is 103 cm³/mol. The van der Waals surface area contributed by atoms with Crippen molar-refractivity contribution in [3.8, 4) is 0 Å². The van der Waals surface area contributed by atoms with E-state index in [1.165, 1.54) is 23.2 Å². The number of hydrogen-bond acceptors (Lipinski definition) is 3. The maximum atomic E-state index is 12.6. The number of urea groups is 1. The van der Waals surface area contributed by atoms with Crippen LogP contribution in [0.5, 0.6) is 0 Å². The average molecular weight is 345 g/mol. The number of nitrogens with zero attached hydrogens (tertiary/aromatic N) is 3. The fourth-order valence-corrected chi connectivity index (χ4v) is 4.05. The van der Waals surface area contributed by atoms with E-state index in [0.717, 1.165) is 52.2 Å². The van der Waals surface area contributed by atoms with Gasteiger partial charge in [0, 0.05) is 51.0 Å². The molecule has 138 valence electrons. The Morgan fingerprint density at radius 2 is 1.92 bits per heavy atom. The van der Waals surface area contributed by atoms with Crippen molar-refractivity contribution in [1.82, 2.24) is 15.1 Å². The lowest BCUT2D eigenvalue weighted by atomic mass is 10.1. The van der Waals surface area contributed by atoms with Gasteiger partial charge in [-0.2, -0.15) is 0 Å². The second-order valence-corrected chi connectivity index (χ2v) is 7.50. The largest absolute Gasteiger partial charge is 0.368 e. The zero-order valence-electron chi connectivity index (χ0n) is 15.9. The highest BCUT2D eigenvalue weighted by atomic mass is 16.2. The summed E-state index contributed by atoms with van der Waals surface area (Å²) in [6.45, 7) is 13.2. The molecule has 5 heteroatoms. The summed E-state index contributed by atoms with van der Waals surface area (Å²) in [5.74, 6) is 0. The molecule has 0 saturated carbocycles. The van der Waals surface area contributed by atoms with Crippen molar-refractivity contribution in [1.29, 1.82) is 0 Å². The lowest BCUT2D eigenvalue weighted by Gasteiger charge is -2.37. The summed E-state index contributed by atoms with van der Waals surface area (Å²) >= 11 is 0. The number of aryl methyl sites for hydroxylation is 2. The molecule has 2 aliphatic heterocycles. The van der Waals surface area contributed by atoms with Crippen LogP contribution in [-0.2, 0) is 0 Å². The van der Waals surface area contributed by atoms with Gasteiger partial charge in [0.05, 0.1) is 0 Å². The van der Waals surface area contributed by atoms with Crippen molar-refractivity contribution in [2.24, 2.45) is 0 Å². The first-order chi connectivity index (χ1) is 12.1. The number of carbonyl (C=O) groups is 1. The molecule has 2 amide bonds. The molecule has 2 fully saturated rings. The molecule has 0 radical (unpaired) electrons. The zero-order chi connectivity index (χ0) is 17.8. The number of nitrogens with one attached hydrogen (secondary N) is 1. The third-order valence-electron chi connectivity index (χ3n) is 5.40. The zero-order valence-corrected chi connectivity index (χ0v) is 15.9.